The minimum absolute atomic E-state index is 0.0151. The maximum absolute atomic E-state index is 11.0. The molecule has 1 aliphatic rings. The van der Waals surface area contributed by atoms with E-state index in [2.05, 4.69) is 10.1 Å². The Kier molecular flexibility index (Phi) is 3.22. The van der Waals surface area contributed by atoms with Crippen molar-refractivity contribution < 1.29 is 14.3 Å². The summed E-state index contributed by atoms with van der Waals surface area (Å²) >= 11 is 0. The van der Waals surface area contributed by atoms with Crippen LogP contribution in [0.25, 0.3) is 0 Å². The molecule has 1 saturated heterocycles. The van der Waals surface area contributed by atoms with Gasteiger partial charge < -0.3 is 10.1 Å². The van der Waals surface area contributed by atoms with Gasteiger partial charge in [-0.25, -0.2) is 0 Å². The van der Waals surface area contributed by atoms with Crippen molar-refractivity contribution >= 4 is 11.8 Å². The molecule has 1 heterocycles. The number of ether oxygens (including phenoxy) is 1. The molecule has 0 amide bonds. The van der Waals surface area contributed by atoms with Crippen LogP contribution in [-0.2, 0) is 14.3 Å². The zero-order valence-corrected chi connectivity index (χ0v) is 7.13. The molecule has 0 aromatic heterocycles. The maximum atomic E-state index is 11.0. The first kappa shape index (κ1) is 9.19. The Bertz CT molecular complexity index is 191. The lowest BCUT2D eigenvalue weighted by molar-refractivity contribution is -0.141. The molecular weight excluding hydrogens is 158 g/mol. The molecule has 1 rings (SSSR count). The molecule has 1 unspecified atom stereocenters. The maximum Gasteiger partial charge on any atom is 0.307 e. The Morgan fingerprint density at radius 1 is 1.75 bits per heavy atom. The third kappa shape index (κ3) is 2.62. The van der Waals surface area contributed by atoms with Crippen LogP contribution in [0.4, 0.5) is 0 Å². The minimum atomic E-state index is -0.262. The highest BCUT2D eigenvalue weighted by Crippen LogP contribution is 2.07. The number of rotatable bonds is 2. The zero-order valence-electron chi connectivity index (χ0n) is 7.13. The summed E-state index contributed by atoms with van der Waals surface area (Å²) in [5, 5.41) is 3.09. The van der Waals surface area contributed by atoms with E-state index in [0.29, 0.717) is 25.8 Å². The van der Waals surface area contributed by atoms with Gasteiger partial charge in [-0.2, -0.15) is 0 Å². The van der Waals surface area contributed by atoms with E-state index in [9.17, 15) is 9.59 Å². The van der Waals surface area contributed by atoms with Crippen molar-refractivity contribution in [2.24, 2.45) is 0 Å². The first-order valence-corrected chi connectivity index (χ1v) is 4.04. The van der Waals surface area contributed by atoms with Gasteiger partial charge in [-0.15, -0.1) is 0 Å². The number of nitrogens with one attached hydrogen (secondary N) is 1. The highest BCUT2D eigenvalue weighted by molar-refractivity contribution is 5.81. The molecule has 0 aromatic carbocycles. The Morgan fingerprint density at radius 2 is 2.50 bits per heavy atom. The van der Waals surface area contributed by atoms with Gasteiger partial charge in [-0.3, -0.25) is 9.59 Å². The van der Waals surface area contributed by atoms with Gasteiger partial charge in [0.05, 0.1) is 13.5 Å². The number of Topliss-reactive ketones (excluding diaryl/α,β-unsaturated/α-hetero) is 1. The highest BCUT2D eigenvalue weighted by atomic mass is 16.5. The largest absolute Gasteiger partial charge is 0.469 e. The van der Waals surface area contributed by atoms with Gasteiger partial charge >= 0.3 is 5.97 Å². The molecule has 1 fully saturated rings. The van der Waals surface area contributed by atoms with Crippen LogP contribution in [0.15, 0.2) is 0 Å². The third-order valence-electron chi connectivity index (χ3n) is 1.95. The summed E-state index contributed by atoms with van der Waals surface area (Å²) in [5.41, 5.74) is 0. The van der Waals surface area contributed by atoms with Gasteiger partial charge in [0.25, 0.3) is 0 Å². The fourth-order valence-electron chi connectivity index (χ4n) is 1.29. The summed E-state index contributed by atoms with van der Waals surface area (Å²) in [6.45, 7) is 0.681. The second-order valence-electron chi connectivity index (χ2n) is 2.92. The number of hydrogen-bond acceptors (Lipinski definition) is 4. The van der Waals surface area contributed by atoms with Crippen LogP contribution in [0.2, 0.25) is 0 Å². The van der Waals surface area contributed by atoms with Gasteiger partial charge in [0.1, 0.15) is 5.78 Å². The highest BCUT2D eigenvalue weighted by Gasteiger charge is 2.21. The second-order valence-corrected chi connectivity index (χ2v) is 2.92. The van der Waals surface area contributed by atoms with Gasteiger partial charge in [0.2, 0.25) is 0 Å². The van der Waals surface area contributed by atoms with Crippen LogP contribution in [0.3, 0.4) is 0 Å². The molecule has 0 spiro atoms. The first-order valence-electron chi connectivity index (χ1n) is 4.04. The molecule has 1 aliphatic heterocycles. The van der Waals surface area contributed by atoms with Crippen molar-refractivity contribution in [2.75, 3.05) is 13.7 Å². The summed E-state index contributed by atoms with van der Waals surface area (Å²) in [7, 11) is 1.35. The van der Waals surface area contributed by atoms with E-state index in [1.165, 1.54) is 7.11 Å². The van der Waals surface area contributed by atoms with E-state index in [1.54, 1.807) is 0 Å². The minimum Gasteiger partial charge on any atom is -0.469 e. The molecule has 1 atom stereocenters. The molecule has 0 radical (unpaired) electrons. The fraction of sp³-hybridized carbons (Fsp3) is 0.750. The standard InChI is InChI=1S/C8H13NO3/c1-12-8(11)5-6-4-7(10)2-3-9-6/h6,9H,2-5H2,1H3. The van der Waals surface area contributed by atoms with Crippen molar-refractivity contribution in [1.82, 2.24) is 5.32 Å². The van der Waals surface area contributed by atoms with Crippen molar-refractivity contribution in [2.45, 2.75) is 25.3 Å². The van der Waals surface area contributed by atoms with Crippen LogP contribution in [0, 0.1) is 0 Å². The fourth-order valence-corrected chi connectivity index (χ4v) is 1.29. The molecule has 0 saturated carbocycles. The van der Waals surface area contributed by atoms with Gasteiger partial charge in [0, 0.05) is 25.4 Å². The number of carbonyl (C=O) groups excluding carboxylic acids is 2. The second kappa shape index (κ2) is 4.21. The van der Waals surface area contributed by atoms with Gasteiger partial charge in [-0.05, 0) is 0 Å². The predicted molar refractivity (Wildman–Crippen MR) is 42.7 cm³/mol. The lowest BCUT2D eigenvalue weighted by Gasteiger charge is -2.21. The molecule has 4 nitrogen and oxygen atoms in total. The lowest BCUT2D eigenvalue weighted by Crippen LogP contribution is -2.39. The summed E-state index contributed by atoms with van der Waals surface area (Å²) in [5.74, 6) is -0.0372. The molecule has 0 aliphatic carbocycles. The van der Waals surface area contributed by atoms with Crippen LogP contribution >= 0.6 is 0 Å². The van der Waals surface area contributed by atoms with Crippen molar-refractivity contribution in [3.05, 3.63) is 0 Å². The quantitative estimate of drug-likeness (QED) is 0.588. The number of piperidine rings is 1. The molecule has 1 N–H and O–H groups in total. The van der Waals surface area contributed by atoms with Crippen LogP contribution in [0.1, 0.15) is 19.3 Å². The monoisotopic (exact) mass is 171 g/mol. The van der Waals surface area contributed by atoms with Crippen molar-refractivity contribution in [3.8, 4) is 0 Å². The zero-order chi connectivity index (χ0) is 8.97. The van der Waals surface area contributed by atoms with E-state index in [4.69, 9.17) is 0 Å². The van der Waals surface area contributed by atoms with E-state index in [0.717, 1.165) is 0 Å². The van der Waals surface area contributed by atoms with E-state index >= 15 is 0 Å². The summed E-state index contributed by atoms with van der Waals surface area (Å²) in [6, 6.07) is -0.0151. The average Bonchev–Trinajstić information content (AvgIpc) is 2.04. The van der Waals surface area contributed by atoms with Crippen molar-refractivity contribution in [3.63, 3.8) is 0 Å². The number of hydrogen-bond donors (Lipinski definition) is 1. The average molecular weight is 171 g/mol. The Balaban J connectivity index is 2.32. The molecule has 68 valence electrons. The van der Waals surface area contributed by atoms with Crippen LogP contribution < -0.4 is 5.32 Å². The summed E-state index contributed by atoms with van der Waals surface area (Å²) in [4.78, 5) is 21.8. The lowest BCUT2D eigenvalue weighted by atomic mass is 10.0. The molecule has 0 aromatic rings. The SMILES string of the molecule is COC(=O)CC1CC(=O)CCN1. The number of ketones is 1. The third-order valence-corrected chi connectivity index (χ3v) is 1.95. The number of methoxy groups -OCH3 is 1. The number of carbonyl (C=O) groups is 2. The molecule has 0 bridgehead atoms. The van der Waals surface area contributed by atoms with Crippen LogP contribution in [-0.4, -0.2) is 31.4 Å². The first-order chi connectivity index (χ1) is 5.72. The Morgan fingerprint density at radius 3 is 3.08 bits per heavy atom. The van der Waals surface area contributed by atoms with Crippen molar-refractivity contribution in [1.29, 1.82) is 0 Å². The van der Waals surface area contributed by atoms with Crippen LogP contribution in [0.5, 0.6) is 0 Å². The smallest absolute Gasteiger partial charge is 0.307 e. The van der Waals surface area contributed by atoms with E-state index in [-0.39, 0.29) is 17.8 Å². The normalized spacial score (nSPS) is 23.8. The molecular formula is C8H13NO3. The van der Waals surface area contributed by atoms with Gasteiger partial charge in [-0.1, -0.05) is 0 Å². The molecule has 4 heteroatoms. The van der Waals surface area contributed by atoms with E-state index < -0.39 is 0 Å². The Hall–Kier alpha value is -0.900. The molecule has 12 heavy (non-hydrogen) atoms. The summed E-state index contributed by atoms with van der Waals surface area (Å²) in [6.07, 6.45) is 1.33. The van der Waals surface area contributed by atoms with E-state index in [1.807, 2.05) is 0 Å². The Labute approximate surface area is 71.3 Å². The topological polar surface area (TPSA) is 55.4 Å². The van der Waals surface area contributed by atoms with Gasteiger partial charge in [0.15, 0.2) is 0 Å². The summed E-state index contributed by atoms with van der Waals surface area (Å²) < 4.78 is 4.50. The predicted octanol–water partition coefficient (Wildman–Crippen LogP) is -0.129. The number of esters is 1.